The summed E-state index contributed by atoms with van der Waals surface area (Å²) in [5.41, 5.74) is 4.41. The molecule has 8 heteroatoms. The van der Waals surface area contributed by atoms with Gasteiger partial charge in [-0.2, -0.15) is 13.2 Å². The summed E-state index contributed by atoms with van der Waals surface area (Å²) in [6.45, 7) is 3.19. The number of nitrogens with zero attached hydrogens (tertiary/aromatic N) is 2. The summed E-state index contributed by atoms with van der Waals surface area (Å²) < 4.78 is 31.7. The lowest BCUT2D eigenvalue weighted by atomic mass is 10.1. The van der Waals surface area contributed by atoms with Crippen molar-refractivity contribution in [1.29, 1.82) is 0 Å². The monoisotopic (exact) mass is 353 g/mol. The minimum atomic E-state index is -5.08. The molecule has 0 radical (unpaired) electrons. The molecule has 3 rings (SSSR count). The fraction of sp³-hybridized carbons (Fsp3) is 0.353. The van der Waals surface area contributed by atoms with Gasteiger partial charge in [-0.05, 0) is 31.9 Å². The molecule has 25 heavy (non-hydrogen) atoms. The molecule has 2 heterocycles. The molecule has 0 saturated carbocycles. The lowest BCUT2D eigenvalue weighted by molar-refractivity contribution is -0.192. The Bertz CT molecular complexity index is 712. The fourth-order valence-electron chi connectivity index (χ4n) is 2.45. The first kappa shape index (κ1) is 18.9. The van der Waals surface area contributed by atoms with Crippen LogP contribution in [0.25, 0.3) is 11.3 Å². The second-order valence-corrected chi connectivity index (χ2v) is 5.59. The second kappa shape index (κ2) is 8.06. The van der Waals surface area contributed by atoms with Crippen molar-refractivity contribution in [1.82, 2.24) is 15.3 Å². The number of aromatic nitrogens is 2. The van der Waals surface area contributed by atoms with Crippen molar-refractivity contribution in [3.63, 3.8) is 0 Å². The quantitative estimate of drug-likeness (QED) is 0.864. The van der Waals surface area contributed by atoms with E-state index in [1.807, 2.05) is 24.5 Å². The van der Waals surface area contributed by atoms with E-state index in [2.05, 4.69) is 34.3 Å². The number of rotatable bonds is 2. The van der Waals surface area contributed by atoms with Gasteiger partial charge in [0, 0.05) is 5.56 Å². The summed E-state index contributed by atoms with van der Waals surface area (Å²) in [6.07, 6.45) is 1.10. The Hall–Kier alpha value is -2.48. The van der Waals surface area contributed by atoms with Crippen LogP contribution in [0.1, 0.15) is 30.1 Å². The highest BCUT2D eigenvalue weighted by atomic mass is 19.4. The molecule has 0 spiro atoms. The number of nitrogens with one attached hydrogen (secondary N) is 1. The van der Waals surface area contributed by atoms with Crippen LogP contribution in [0.2, 0.25) is 0 Å². The number of aryl methyl sites for hydroxylation is 1. The number of halogens is 3. The molecular weight excluding hydrogens is 335 g/mol. The van der Waals surface area contributed by atoms with Gasteiger partial charge in [0.2, 0.25) is 0 Å². The van der Waals surface area contributed by atoms with Crippen molar-refractivity contribution >= 4 is 5.97 Å². The standard InChI is InChI=1S/C15H17N3.C2HF3O2/c1-11-5-2-3-6-12(11)14-9-18-15(10-17-14)13-7-4-8-16-13;3-2(4,5)1(6)7/h2-3,5-6,9-10,13,16H,4,7-8H2,1H3;(H,6,7). The summed E-state index contributed by atoms with van der Waals surface area (Å²) in [7, 11) is 0. The summed E-state index contributed by atoms with van der Waals surface area (Å²) in [5, 5.41) is 10.6. The van der Waals surface area contributed by atoms with Crippen molar-refractivity contribution in [3.05, 3.63) is 47.9 Å². The highest BCUT2D eigenvalue weighted by Gasteiger charge is 2.38. The second-order valence-electron chi connectivity index (χ2n) is 5.59. The summed E-state index contributed by atoms with van der Waals surface area (Å²) in [5.74, 6) is -2.76. The molecule has 1 atom stereocenters. The van der Waals surface area contributed by atoms with Crippen molar-refractivity contribution in [2.75, 3.05) is 6.54 Å². The maximum Gasteiger partial charge on any atom is 0.490 e. The third-order valence-corrected chi connectivity index (χ3v) is 3.75. The third-order valence-electron chi connectivity index (χ3n) is 3.75. The zero-order valence-corrected chi connectivity index (χ0v) is 13.5. The Morgan fingerprint density at radius 2 is 1.92 bits per heavy atom. The molecule has 1 saturated heterocycles. The van der Waals surface area contributed by atoms with E-state index in [0.717, 1.165) is 23.5 Å². The van der Waals surface area contributed by atoms with E-state index in [1.165, 1.54) is 18.4 Å². The Morgan fingerprint density at radius 1 is 1.24 bits per heavy atom. The highest BCUT2D eigenvalue weighted by molar-refractivity contribution is 5.73. The lowest BCUT2D eigenvalue weighted by Crippen LogP contribution is -2.21. The van der Waals surface area contributed by atoms with Gasteiger partial charge in [0.1, 0.15) is 0 Å². The van der Waals surface area contributed by atoms with E-state index in [4.69, 9.17) is 9.90 Å². The molecule has 1 aromatic heterocycles. The van der Waals surface area contributed by atoms with Gasteiger partial charge in [0.05, 0.1) is 29.8 Å². The zero-order chi connectivity index (χ0) is 18.4. The van der Waals surface area contributed by atoms with Gasteiger partial charge in [0.25, 0.3) is 0 Å². The topological polar surface area (TPSA) is 75.1 Å². The van der Waals surface area contributed by atoms with Gasteiger partial charge in [0.15, 0.2) is 0 Å². The van der Waals surface area contributed by atoms with Crippen LogP contribution in [0.3, 0.4) is 0 Å². The smallest absolute Gasteiger partial charge is 0.475 e. The molecule has 134 valence electrons. The SMILES string of the molecule is Cc1ccccc1-c1cnc(C2CCCN2)cn1.O=C(O)C(F)(F)F. The maximum atomic E-state index is 10.6. The molecule has 1 aliphatic heterocycles. The van der Waals surface area contributed by atoms with Gasteiger partial charge >= 0.3 is 12.1 Å². The van der Waals surface area contributed by atoms with Crippen LogP contribution >= 0.6 is 0 Å². The molecule has 2 aromatic rings. The number of carboxylic acids is 1. The van der Waals surface area contributed by atoms with Crippen LogP contribution in [0.15, 0.2) is 36.7 Å². The Morgan fingerprint density at radius 3 is 2.40 bits per heavy atom. The molecule has 1 unspecified atom stereocenters. The molecule has 0 bridgehead atoms. The lowest BCUT2D eigenvalue weighted by Gasteiger charge is -2.10. The molecule has 2 N–H and O–H groups in total. The first-order valence-electron chi connectivity index (χ1n) is 7.70. The summed E-state index contributed by atoms with van der Waals surface area (Å²) >= 11 is 0. The average Bonchev–Trinajstić information content (AvgIpc) is 3.10. The zero-order valence-electron chi connectivity index (χ0n) is 13.5. The van der Waals surface area contributed by atoms with Crippen molar-refractivity contribution in [3.8, 4) is 11.3 Å². The number of aliphatic carboxylic acids is 1. The van der Waals surface area contributed by atoms with Crippen molar-refractivity contribution in [2.24, 2.45) is 0 Å². The van der Waals surface area contributed by atoms with Gasteiger partial charge in [-0.25, -0.2) is 4.79 Å². The third kappa shape index (κ3) is 5.25. The number of carboxylic acid groups (broad SMARTS) is 1. The van der Waals surface area contributed by atoms with E-state index < -0.39 is 12.1 Å². The molecule has 0 amide bonds. The molecule has 1 fully saturated rings. The molecular formula is C17H18F3N3O2. The molecule has 1 aromatic carbocycles. The molecule has 0 aliphatic carbocycles. The van der Waals surface area contributed by atoms with E-state index in [0.29, 0.717) is 6.04 Å². The Labute approximate surface area is 142 Å². The number of benzene rings is 1. The van der Waals surface area contributed by atoms with Crippen LogP contribution in [0.5, 0.6) is 0 Å². The summed E-state index contributed by atoms with van der Waals surface area (Å²) in [6, 6.07) is 8.67. The van der Waals surface area contributed by atoms with E-state index in [-0.39, 0.29) is 0 Å². The first-order valence-corrected chi connectivity index (χ1v) is 7.70. The molecule has 5 nitrogen and oxygen atoms in total. The predicted octanol–water partition coefficient (Wildman–Crippen LogP) is 3.51. The van der Waals surface area contributed by atoms with Gasteiger partial charge in [-0.3, -0.25) is 9.97 Å². The maximum absolute atomic E-state index is 10.6. The normalized spacial score (nSPS) is 16.9. The van der Waals surface area contributed by atoms with E-state index in [9.17, 15) is 13.2 Å². The number of hydrogen-bond donors (Lipinski definition) is 2. The minimum absolute atomic E-state index is 0.392. The number of alkyl halides is 3. The highest BCUT2D eigenvalue weighted by Crippen LogP contribution is 2.24. The van der Waals surface area contributed by atoms with Gasteiger partial charge in [-0.1, -0.05) is 24.3 Å². The fourth-order valence-corrected chi connectivity index (χ4v) is 2.45. The largest absolute Gasteiger partial charge is 0.490 e. The number of carbonyl (C=O) groups is 1. The van der Waals surface area contributed by atoms with Crippen molar-refractivity contribution < 1.29 is 23.1 Å². The minimum Gasteiger partial charge on any atom is -0.475 e. The van der Waals surface area contributed by atoms with Gasteiger partial charge < -0.3 is 10.4 Å². The first-order chi connectivity index (χ1) is 11.8. The van der Waals surface area contributed by atoms with Crippen LogP contribution < -0.4 is 5.32 Å². The molecule has 1 aliphatic rings. The summed E-state index contributed by atoms with van der Waals surface area (Å²) in [4.78, 5) is 18.0. The van der Waals surface area contributed by atoms with Crippen LogP contribution in [-0.4, -0.2) is 33.8 Å². The van der Waals surface area contributed by atoms with Gasteiger partial charge in [-0.15, -0.1) is 0 Å². The Kier molecular flexibility index (Phi) is 6.08. The van der Waals surface area contributed by atoms with E-state index >= 15 is 0 Å². The average molecular weight is 353 g/mol. The van der Waals surface area contributed by atoms with Crippen LogP contribution in [0, 0.1) is 6.92 Å². The van der Waals surface area contributed by atoms with E-state index in [1.54, 1.807) is 0 Å². The Balaban J connectivity index is 0.000000277. The van der Waals surface area contributed by atoms with Crippen LogP contribution in [0.4, 0.5) is 13.2 Å². The van der Waals surface area contributed by atoms with Crippen molar-refractivity contribution in [2.45, 2.75) is 32.0 Å². The van der Waals surface area contributed by atoms with Crippen LogP contribution in [-0.2, 0) is 4.79 Å². The number of hydrogen-bond acceptors (Lipinski definition) is 4. The predicted molar refractivity (Wildman–Crippen MR) is 85.9 cm³/mol.